The molecule has 0 N–H and O–H groups in total. The number of carbonyl (C=O) groups excluding carboxylic acids is 2. The zero-order valence-electron chi connectivity index (χ0n) is 13.3. The van der Waals surface area contributed by atoms with Crippen molar-refractivity contribution in [1.29, 1.82) is 0 Å². The summed E-state index contributed by atoms with van der Waals surface area (Å²) in [6, 6.07) is 10.4. The van der Waals surface area contributed by atoms with Gasteiger partial charge in [0, 0.05) is 24.7 Å². The van der Waals surface area contributed by atoms with Gasteiger partial charge < -0.3 is 18.9 Å². The molecule has 1 aliphatic heterocycles. The Morgan fingerprint density at radius 1 is 1.21 bits per heavy atom. The van der Waals surface area contributed by atoms with Gasteiger partial charge in [0.25, 0.3) is 5.91 Å². The van der Waals surface area contributed by atoms with E-state index >= 15 is 0 Å². The van der Waals surface area contributed by atoms with Crippen LogP contribution in [0.4, 0.5) is 0 Å². The molecule has 0 spiro atoms. The molecular weight excluding hydrogens is 312 g/mol. The Bertz CT molecular complexity index is 707. The molecule has 2 heterocycles. The van der Waals surface area contributed by atoms with Crippen molar-refractivity contribution in [1.82, 2.24) is 10.1 Å². The van der Waals surface area contributed by atoms with Gasteiger partial charge in [0.15, 0.2) is 0 Å². The molecular formula is C17H18N2O5. The quantitative estimate of drug-likeness (QED) is 0.794. The standard InChI is InChI=1S/C17H18N2O5/c1-12-11-14(24-18-12)17(21)23-15(13-5-3-2-4-6-13)16(20)19-7-9-22-10-8-19/h2-6,11,15H,7-10H2,1H3/t15-/m0/s1. The van der Waals surface area contributed by atoms with Gasteiger partial charge in [0.1, 0.15) is 0 Å². The average Bonchev–Trinajstić information content (AvgIpc) is 3.07. The van der Waals surface area contributed by atoms with Crippen molar-refractivity contribution in [2.75, 3.05) is 26.3 Å². The zero-order valence-corrected chi connectivity index (χ0v) is 13.3. The van der Waals surface area contributed by atoms with Crippen LogP contribution in [0.15, 0.2) is 40.9 Å². The van der Waals surface area contributed by atoms with Crippen LogP contribution in [0.3, 0.4) is 0 Å². The summed E-state index contributed by atoms with van der Waals surface area (Å²) in [5.74, 6) is -1.01. The van der Waals surface area contributed by atoms with Crippen LogP contribution in [0.5, 0.6) is 0 Å². The fourth-order valence-electron chi connectivity index (χ4n) is 2.46. The molecule has 1 saturated heterocycles. The lowest BCUT2D eigenvalue weighted by atomic mass is 10.1. The predicted octanol–water partition coefficient (Wildman–Crippen LogP) is 1.74. The van der Waals surface area contributed by atoms with Crippen LogP contribution in [-0.2, 0) is 14.3 Å². The van der Waals surface area contributed by atoms with Crippen LogP contribution in [0.2, 0.25) is 0 Å². The third-order valence-electron chi connectivity index (χ3n) is 3.70. The van der Waals surface area contributed by atoms with E-state index in [4.69, 9.17) is 14.0 Å². The van der Waals surface area contributed by atoms with Crippen molar-refractivity contribution in [3.05, 3.63) is 53.4 Å². The van der Waals surface area contributed by atoms with Gasteiger partial charge in [-0.15, -0.1) is 0 Å². The highest BCUT2D eigenvalue weighted by Crippen LogP contribution is 2.22. The van der Waals surface area contributed by atoms with Gasteiger partial charge in [-0.3, -0.25) is 4.79 Å². The molecule has 1 amide bonds. The summed E-state index contributed by atoms with van der Waals surface area (Å²) in [4.78, 5) is 26.7. The number of carbonyl (C=O) groups is 2. The number of aryl methyl sites for hydroxylation is 1. The Morgan fingerprint density at radius 3 is 2.54 bits per heavy atom. The summed E-state index contributed by atoms with van der Waals surface area (Å²) >= 11 is 0. The van der Waals surface area contributed by atoms with Crippen LogP contribution in [0, 0.1) is 6.92 Å². The van der Waals surface area contributed by atoms with Crippen molar-refractivity contribution in [3.63, 3.8) is 0 Å². The Labute approximate surface area is 139 Å². The lowest BCUT2D eigenvalue weighted by molar-refractivity contribution is -0.145. The number of nitrogens with zero attached hydrogens (tertiary/aromatic N) is 2. The van der Waals surface area contributed by atoms with Crippen molar-refractivity contribution in [2.24, 2.45) is 0 Å². The summed E-state index contributed by atoms with van der Waals surface area (Å²) in [7, 11) is 0. The van der Waals surface area contributed by atoms with E-state index in [9.17, 15) is 9.59 Å². The van der Waals surface area contributed by atoms with Crippen LogP contribution in [-0.4, -0.2) is 48.2 Å². The topological polar surface area (TPSA) is 81.9 Å². The second kappa shape index (κ2) is 7.27. The molecule has 7 heteroatoms. The molecule has 0 radical (unpaired) electrons. The van der Waals surface area contributed by atoms with Crippen molar-refractivity contribution < 1.29 is 23.6 Å². The summed E-state index contributed by atoms with van der Waals surface area (Å²) in [6.45, 7) is 3.60. The van der Waals surface area contributed by atoms with E-state index in [1.165, 1.54) is 6.07 Å². The van der Waals surface area contributed by atoms with Crippen molar-refractivity contribution >= 4 is 11.9 Å². The lowest BCUT2D eigenvalue weighted by Gasteiger charge is -2.30. The normalized spacial score (nSPS) is 15.8. The number of ether oxygens (including phenoxy) is 2. The van der Waals surface area contributed by atoms with Crippen LogP contribution >= 0.6 is 0 Å². The first-order valence-electron chi connectivity index (χ1n) is 7.71. The molecule has 1 atom stereocenters. The third-order valence-corrected chi connectivity index (χ3v) is 3.70. The van der Waals surface area contributed by atoms with Gasteiger partial charge in [-0.2, -0.15) is 0 Å². The number of hydrogen-bond donors (Lipinski definition) is 0. The fourth-order valence-corrected chi connectivity index (χ4v) is 2.46. The maximum atomic E-state index is 12.8. The van der Waals surface area contributed by atoms with Gasteiger partial charge in [-0.1, -0.05) is 35.5 Å². The van der Waals surface area contributed by atoms with Crippen LogP contribution in [0.1, 0.15) is 27.9 Å². The highest BCUT2D eigenvalue weighted by atomic mass is 16.6. The molecule has 3 rings (SSSR count). The van der Waals surface area contributed by atoms with Gasteiger partial charge in [0.2, 0.25) is 11.9 Å². The van der Waals surface area contributed by atoms with Crippen LogP contribution < -0.4 is 0 Å². The average molecular weight is 330 g/mol. The van der Waals surface area contributed by atoms with Gasteiger partial charge in [-0.05, 0) is 6.92 Å². The van der Waals surface area contributed by atoms with E-state index in [2.05, 4.69) is 5.16 Å². The largest absolute Gasteiger partial charge is 0.441 e. The summed E-state index contributed by atoms with van der Waals surface area (Å²) in [6.07, 6.45) is -1.03. The molecule has 0 saturated carbocycles. The number of morpholine rings is 1. The summed E-state index contributed by atoms with van der Waals surface area (Å²) < 4.78 is 15.6. The van der Waals surface area contributed by atoms with E-state index in [-0.39, 0.29) is 11.7 Å². The molecule has 7 nitrogen and oxygen atoms in total. The minimum Gasteiger partial charge on any atom is -0.441 e. The molecule has 0 unspecified atom stereocenters. The maximum absolute atomic E-state index is 12.8. The first kappa shape index (κ1) is 16.2. The zero-order chi connectivity index (χ0) is 16.9. The SMILES string of the molecule is Cc1cc(C(=O)O[C@H](C(=O)N2CCOCC2)c2ccccc2)on1. The number of rotatable bonds is 4. The minimum absolute atomic E-state index is 0.0248. The summed E-state index contributed by atoms with van der Waals surface area (Å²) in [5, 5.41) is 3.66. The Balaban J connectivity index is 1.82. The Morgan fingerprint density at radius 2 is 1.92 bits per heavy atom. The molecule has 1 aromatic carbocycles. The van der Waals surface area contributed by atoms with Gasteiger partial charge in [-0.25, -0.2) is 4.79 Å². The van der Waals surface area contributed by atoms with E-state index in [0.29, 0.717) is 37.6 Å². The first-order chi connectivity index (χ1) is 11.6. The smallest absolute Gasteiger partial charge is 0.378 e. The van der Waals surface area contributed by atoms with Crippen LogP contribution in [0.25, 0.3) is 0 Å². The van der Waals surface area contributed by atoms with E-state index in [1.54, 1.807) is 36.1 Å². The number of amides is 1. The monoisotopic (exact) mass is 330 g/mol. The third kappa shape index (κ3) is 3.62. The van der Waals surface area contributed by atoms with Gasteiger partial charge in [0.05, 0.1) is 18.9 Å². The Kier molecular flexibility index (Phi) is 4.90. The lowest BCUT2D eigenvalue weighted by Crippen LogP contribution is -2.44. The fraction of sp³-hybridized carbons (Fsp3) is 0.353. The van der Waals surface area contributed by atoms with E-state index in [1.807, 2.05) is 6.07 Å². The second-order valence-corrected chi connectivity index (χ2v) is 5.47. The molecule has 0 bridgehead atoms. The molecule has 1 aliphatic rings. The number of aromatic nitrogens is 1. The number of benzene rings is 1. The molecule has 0 aliphatic carbocycles. The second-order valence-electron chi connectivity index (χ2n) is 5.47. The molecule has 1 fully saturated rings. The minimum atomic E-state index is -1.03. The molecule has 126 valence electrons. The summed E-state index contributed by atoms with van der Waals surface area (Å²) in [5.41, 5.74) is 1.18. The van der Waals surface area contributed by atoms with E-state index in [0.717, 1.165) is 0 Å². The number of hydrogen-bond acceptors (Lipinski definition) is 6. The predicted molar refractivity (Wildman–Crippen MR) is 83.2 cm³/mol. The van der Waals surface area contributed by atoms with E-state index < -0.39 is 12.1 Å². The van der Waals surface area contributed by atoms with Crippen molar-refractivity contribution in [3.8, 4) is 0 Å². The van der Waals surface area contributed by atoms with Gasteiger partial charge >= 0.3 is 5.97 Å². The van der Waals surface area contributed by atoms with Crippen molar-refractivity contribution in [2.45, 2.75) is 13.0 Å². The highest BCUT2D eigenvalue weighted by Gasteiger charge is 2.31. The highest BCUT2D eigenvalue weighted by molar-refractivity contribution is 5.90. The molecule has 24 heavy (non-hydrogen) atoms. The maximum Gasteiger partial charge on any atom is 0.378 e. The first-order valence-corrected chi connectivity index (χ1v) is 7.71. The number of esters is 1. The Hall–Kier alpha value is -2.67. The molecule has 1 aromatic heterocycles. The molecule has 2 aromatic rings.